The number of nitrogens with one attached hydrogen (secondary N) is 1. The predicted molar refractivity (Wildman–Crippen MR) is 63.0 cm³/mol. The van der Waals surface area contributed by atoms with Crippen LogP contribution < -0.4 is 5.32 Å². The van der Waals surface area contributed by atoms with Crippen molar-refractivity contribution in [2.75, 3.05) is 7.05 Å². The fourth-order valence-corrected chi connectivity index (χ4v) is 1.55. The van der Waals surface area contributed by atoms with Crippen LogP contribution in [0.1, 0.15) is 37.4 Å². The van der Waals surface area contributed by atoms with Crippen LogP contribution in [0.5, 0.6) is 0 Å². The van der Waals surface area contributed by atoms with Gasteiger partial charge in [-0.3, -0.25) is 0 Å². The van der Waals surface area contributed by atoms with Crippen LogP contribution in [-0.4, -0.2) is 17.0 Å². The number of aromatic nitrogens is 2. The zero-order valence-corrected chi connectivity index (χ0v) is 10.8. The van der Waals surface area contributed by atoms with Gasteiger partial charge in [0, 0.05) is 24.7 Å². The van der Waals surface area contributed by atoms with Gasteiger partial charge in [0.25, 0.3) is 0 Å². The molecule has 0 fully saturated rings. The van der Waals surface area contributed by atoms with Crippen LogP contribution in [0, 0.1) is 5.92 Å². The molecule has 18 heavy (non-hydrogen) atoms. The van der Waals surface area contributed by atoms with Gasteiger partial charge in [-0.05, 0) is 19.4 Å². The first-order valence-corrected chi connectivity index (χ1v) is 5.91. The molecule has 1 aromatic rings. The van der Waals surface area contributed by atoms with Gasteiger partial charge in [0.15, 0.2) is 5.69 Å². The number of alkyl halides is 3. The van der Waals surface area contributed by atoms with Crippen molar-refractivity contribution in [1.82, 2.24) is 15.3 Å². The lowest BCUT2D eigenvalue weighted by molar-refractivity contribution is -0.142. The SMILES string of the molecule is CNCc1cnc(CCC(C)C)nc1C(F)(F)F. The minimum absolute atomic E-state index is 0.0818. The summed E-state index contributed by atoms with van der Waals surface area (Å²) in [6.45, 7) is 4.14. The Bertz CT molecular complexity index is 389. The van der Waals surface area contributed by atoms with Gasteiger partial charge < -0.3 is 5.32 Å². The van der Waals surface area contributed by atoms with E-state index in [4.69, 9.17) is 0 Å². The Labute approximate surface area is 105 Å². The van der Waals surface area contributed by atoms with Gasteiger partial charge in [0.05, 0.1) is 0 Å². The summed E-state index contributed by atoms with van der Waals surface area (Å²) in [5.74, 6) is 0.677. The predicted octanol–water partition coefficient (Wildman–Crippen LogP) is 2.80. The van der Waals surface area contributed by atoms with Crippen LogP contribution >= 0.6 is 0 Å². The zero-order valence-electron chi connectivity index (χ0n) is 10.8. The lowest BCUT2D eigenvalue weighted by Gasteiger charge is -2.13. The Kier molecular flexibility index (Phi) is 5.07. The standard InChI is InChI=1S/C12H18F3N3/c1-8(2)4-5-10-17-7-9(6-16-3)11(18-10)12(13,14)15/h7-8,16H,4-6H2,1-3H3. The highest BCUT2D eigenvalue weighted by Crippen LogP contribution is 2.30. The van der Waals surface area contributed by atoms with Crippen molar-refractivity contribution in [1.29, 1.82) is 0 Å². The first-order valence-electron chi connectivity index (χ1n) is 5.91. The van der Waals surface area contributed by atoms with Gasteiger partial charge in [-0.25, -0.2) is 9.97 Å². The van der Waals surface area contributed by atoms with E-state index in [-0.39, 0.29) is 17.9 Å². The summed E-state index contributed by atoms with van der Waals surface area (Å²) in [6, 6.07) is 0. The van der Waals surface area contributed by atoms with E-state index in [2.05, 4.69) is 15.3 Å². The van der Waals surface area contributed by atoms with E-state index >= 15 is 0 Å². The van der Waals surface area contributed by atoms with Gasteiger partial charge >= 0.3 is 6.18 Å². The minimum atomic E-state index is -4.43. The topological polar surface area (TPSA) is 37.8 Å². The molecule has 1 N–H and O–H groups in total. The van der Waals surface area contributed by atoms with E-state index in [1.165, 1.54) is 6.20 Å². The molecule has 3 nitrogen and oxygen atoms in total. The van der Waals surface area contributed by atoms with Crippen molar-refractivity contribution in [3.63, 3.8) is 0 Å². The van der Waals surface area contributed by atoms with Crippen molar-refractivity contribution in [3.05, 3.63) is 23.3 Å². The normalized spacial score (nSPS) is 12.2. The van der Waals surface area contributed by atoms with Crippen LogP contribution in [0.4, 0.5) is 13.2 Å². The summed E-state index contributed by atoms with van der Waals surface area (Å²) in [7, 11) is 1.59. The van der Waals surface area contributed by atoms with Crippen molar-refractivity contribution in [2.45, 2.75) is 39.4 Å². The first-order chi connectivity index (χ1) is 8.34. The second-order valence-electron chi connectivity index (χ2n) is 4.62. The molecule has 1 aromatic heterocycles. The summed E-state index contributed by atoms with van der Waals surface area (Å²) in [5.41, 5.74) is -0.746. The smallest absolute Gasteiger partial charge is 0.316 e. The average Bonchev–Trinajstić information content (AvgIpc) is 2.26. The Morgan fingerprint density at radius 2 is 2.00 bits per heavy atom. The molecule has 102 valence electrons. The molecule has 6 heteroatoms. The molecule has 0 aliphatic rings. The van der Waals surface area contributed by atoms with Crippen LogP contribution in [-0.2, 0) is 19.1 Å². The number of hydrogen-bond acceptors (Lipinski definition) is 3. The molecule has 1 heterocycles. The molecule has 0 radical (unpaired) electrons. The number of nitrogens with zero attached hydrogens (tertiary/aromatic N) is 2. The van der Waals surface area contributed by atoms with Crippen LogP contribution in [0.15, 0.2) is 6.20 Å². The lowest BCUT2D eigenvalue weighted by atomic mass is 10.1. The molecule has 0 unspecified atom stereocenters. The highest BCUT2D eigenvalue weighted by atomic mass is 19.4. The third-order valence-electron chi connectivity index (χ3n) is 2.50. The van der Waals surface area contributed by atoms with Crippen molar-refractivity contribution < 1.29 is 13.2 Å². The van der Waals surface area contributed by atoms with Crippen LogP contribution in [0.3, 0.4) is 0 Å². The second kappa shape index (κ2) is 6.13. The average molecular weight is 261 g/mol. The third-order valence-corrected chi connectivity index (χ3v) is 2.50. The molecule has 0 aliphatic carbocycles. The molecule has 0 atom stereocenters. The maximum Gasteiger partial charge on any atom is 0.433 e. The molecule has 0 aliphatic heterocycles. The molecule has 1 rings (SSSR count). The fourth-order valence-electron chi connectivity index (χ4n) is 1.55. The van der Waals surface area contributed by atoms with Crippen molar-refractivity contribution in [3.8, 4) is 0 Å². The van der Waals surface area contributed by atoms with E-state index in [1.54, 1.807) is 7.05 Å². The maximum atomic E-state index is 12.8. The highest BCUT2D eigenvalue weighted by molar-refractivity contribution is 5.20. The molecule has 0 bridgehead atoms. The Balaban J connectivity index is 2.98. The number of rotatable bonds is 5. The summed E-state index contributed by atoms with van der Waals surface area (Å²) in [6.07, 6.45) is -1.91. The quantitative estimate of drug-likeness (QED) is 0.885. The van der Waals surface area contributed by atoms with Gasteiger partial charge in [-0.15, -0.1) is 0 Å². The summed E-state index contributed by atoms with van der Waals surface area (Å²) < 4.78 is 38.5. The number of aryl methyl sites for hydroxylation is 1. The van der Waals surface area contributed by atoms with E-state index in [1.807, 2.05) is 13.8 Å². The summed E-state index contributed by atoms with van der Waals surface area (Å²) in [4.78, 5) is 7.65. The monoisotopic (exact) mass is 261 g/mol. The van der Waals surface area contributed by atoms with E-state index in [9.17, 15) is 13.2 Å². The van der Waals surface area contributed by atoms with E-state index in [0.29, 0.717) is 12.3 Å². The highest BCUT2D eigenvalue weighted by Gasteiger charge is 2.35. The molecule has 0 aromatic carbocycles. The Morgan fingerprint density at radius 3 is 2.50 bits per heavy atom. The number of halogens is 3. The third kappa shape index (κ3) is 4.25. The summed E-state index contributed by atoms with van der Waals surface area (Å²) in [5, 5.41) is 2.69. The van der Waals surface area contributed by atoms with Gasteiger partial charge in [0.2, 0.25) is 0 Å². The Morgan fingerprint density at radius 1 is 1.33 bits per heavy atom. The number of hydrogen-bond donors (Lipinski definition) is 1. The minimum Gasteiger partial charge on any atom is -0.316 e. The molecule has 0 amide bonds. The zero-order chi connectivity index (χ0) is 13.8. The molecule has 0 saturated carbocycles. The van der Waals surface area contributed by atoms with Crippen LogP contribution in [0.25, 0.3) is 0 Å². The van der Waals surface area contributed by atoms with Crippen LogP contribution in [0.2, 0.25) is 0 Å². The summed E-state index contributed by atoms with van der Waals surface area (Å²) >= 11 is 0. The lowest BCUT2D eigenvalue weighted by Crippen LogP contribution is -2.18. The molecular formula is C12H18F3N3. The van der Waals surface area contributed by atoms with Crippen molar-refractivity contribution in [2.24, 2.45) is 5.92 Å². The molecule has 0 spiro atoms. The first kappa shape index (κ1) is 14.9. The maximum absolute atomic E-state index is 12.8. The van der Waals surface area contributed by atoms with Crippen molar-refractivity contribution >= 4 is 0 Å². The van der Waals surface area contributed by atoms with E-state index in [0.717, 1.165) is 6.42 Å². The largest absolute Gasteiger partial charge is 0.433 e. The fraction of sp³-hybridized carbons (Fsp3) is 0.667. The van der Waals surface area contributed by atoms with E-state index < -0.39 is 11.9 Å². The van der Waals surface area contributed by atoms with Gasteiger partial charge in [-0.1, -0.05) is 13.8 Å². The molecular weight excluding hydrogens is 243 g/mol. The Hall–Kier alpha value is -1.17. The second-order valence-corrected chi connectivity index (χ2v) is 4.62. The van der Waals surface area contributed by atoms with Gasteiger partial charge in [-0.2, -0.15) is 13.2 Å². The van der Waals surface area contributed by atoms with Gasteiger partial charge in [0.1, 0.15) is 5.82 Å². The molecule has 0 saturated heterocycles.